The van der Waals surface area contributed by atoms with Crippen LogP contribution >= 0.6 is 0 Å². The number of nitrogen functional groups attached to an aromatic ring is 1. The monoisotopic (exact) mass is 238 g/mol. The van der Waals surface area contributed by atoms with Gasteiger partial charge in [-0.2, -0.15) is 13.2 Å². The number of rotatable bonds is 3. The first-order valence-corrected chi connectivity index (χ1v) is 4.29. The summed E-state index contributed by atoms with van der Waals surface area (Å²) in [5.41, 5.74) is 4.79. The van der Waals surface area contributed by atoms with Crippen molar-refractivity contribution in [2.24, 2.45) is 0 Å². The van der Waals surface area contributed by atoms with Crippen molar-refractivity contribution in [3.8, 4) is 0 Å². The number of nitrogens with zero attached hydrogens (tertiary/aromatic N) is 3. The van der Waals surface area contributed by atoms with Gasteiger partial charge in [0.15, 0.2) is 0 Å². The van der Waals surface area contributed by atoms with Gasteiger partial charge in [-0.05, 0) is 17.2 Å². The fraction of sp³-hybridized carbons (Fsp3) is 0.571. The number of aromatic nitrogens is 2. The maximum absolute atomic E-state index is 12.1. The van der Waals surface area contributed by atoms with Crippen molar-refractivity contribution in [2.75, 3.05) is 18.8 Å². The van der Waals surface area contributed by atoms with Gasteiger partial charge < -0.3 is 10.6 Å². The number of halogens is 3. The number of carbonyl (C=O) groups is 1. The van der Waals surface area contributed by atoms with E-state index in [0.29, 0.717) is 4.90 Å². The number of hydrogen-bond acceptors (Lipinski definition) is 5. The molecule has 2 N–H and O–H groups in total. The van der Waals surface area contributed by atoms with Crippen molar-refractivity contribution in [2.45, 2.75) is 13.1 Å². The van der Waals surface area contributed by atoms with Crippen LogP contribution in [0.2, 0.25) is 0 Å². The van der Waals surface area contributed by atoms with Gasteiger partial charge in [0.05, 0.1) is 0 Å². The Morgan fingerprint density at radius 3 is 2.50 bits per heavy atom. The highest BCUT2D eigenvalue weighted by molar-refractivity contribution is 5.96. The lowest BCUT2D eigenvalue weighted by Crippen LogP contribution is -2.39. The van der Waals surface area contributed by atoms with Crippen LogP contribution in [0.3, 0.4) is 0 Å². The van der Waals surface area contributed by atoms with Crippen LogP contribution in [0.15, 0.2) is 4.63 Å². The molecular weight excluding hydrogens is 229 g/mol. The predicted octanol–water partition coefficient (Wildman–Crippen LogP) is 0.676. The van der Waals surface area contributed by atoms with Crippen molar-refractivity contribution in [1.82, 2.24) is 15.2 Å². The van der Waals surface area contributed by atoms with Gasteiger partial charge in [0.1, 0.15) is 6.54 Å². The summed E-state index contributed by atoms with van der Waals surface area (Å²) in [5.74, 6) is -1.29. The highest BCUT2D eigenvalue weighted by Crippen LogP contribution is 2.18. The molecule has 16 heavy (non-hydrogen) atoms. The summed E-state index contributed by atoms with van der Waals surface area (Å²) in [6.07, 6.45) is -4.47. The van der Waals surface area contributed by atoms with E-state index in [0.717, 1.165) is 0 Å². The Hall–Kier alpha value is -1.80. The second-order valence-electron chi connectivity index (χ2n) is 2.93. The van der Waals surface area contributed by atoms with Crippen molar-refractivity contribution in [3.63, 3.8) is 0 Å². The molecule has 0 aromatic carbocycles. The summed E-state index contributed by atoms with van der Waals surface area (Å²) >= 11 is 0. The van der Waals surface area contributed by atoms with E-state index in [1.165, 1.54) is 6.92 Å². The zero-order valence-corrected chi connectivity index (χ0v) is 8.28. The first-order valence-electron chi connectivity index (χ1n) is 4.29. The SMILES string of the molecule is CCN(CC(F)(F)F)C(=O)c1nonc1N. The number of hydrogen-bond donors (Lipinski definition) is 1. The molecule has 6 nitrogen and oxygen atoms in total. The average molecular weight is 238 g/mol. The van der Waals surface area contributed by atoms with Gasteiger partial charge >= 0.3 is 6.18 Å². The number of amides is 1. The van der Waals surface area contributed by atoms with Crippen LogP contribution in [0, 0.1) is 0 Å². The van der Waals surface area contributed by atoms with Crippen molar-refractivity contribution < 1.29 is 22.6 Å². The average Bonchev–Trinajstić information content (AvgIpc) is 2.58. The van der Waals surface area contributed by atoms with Gasteiger partial charge in [0, 0.05) is 6.54 Å². The summed E-state index contributed by atoms with van der Waals surface area (Å²) in [6.45, 7) is -0.0768. The van der Waals surface area contributed by atoms with E-state index in [-0.39, 0.29) is 12.4 Å². The second-order valence-corrected chi connectivity index (χ2v) is 2.93. The maximum Gasteiger partial charge on any atom is 0.406 e. The first kappa shape index (κ1) is 12.3. The van der Waals surface area contributed by atoms with E-state index >= 15 is 0 Å². The Morgan fingerprint density at radius 1 is 1.50 bits per heavy atom. The summed E-state index contributed by atoms with van der Waals surface area (Å²) in [5, 5.41) is 6.26. The first-order chi connectivity index (χ1) is 7.35. The molecule has 0 aliphatic heterocycles. The molecule has 0 aliphatic rings. The van der Waals surface area contributed by atoms with Crippen LogP contribution in [-0.4, -0.2) is 40.4 Å². The van der Waals surface area contributed by atoms with E-state index in [2.05, 4.69) is 14.9 Å². The molecule has 0 fully saturated rings. The molecule has 0 saturated heterocycles. The molecule has 1 aromatic heterocycles. The molecular formula is C7H9F3N4O2. The molecule has 1 amide bonds. The Kier molecular flexibility index (Phi) is 3.35. The molecule has 1 rings (SSSR count). The van der Waals surface area contributed by atoms with E-state index in [9.17, 15) is 18.0 Å². The van der Waals surface area contributed by atoms with Crippen molar-refractivity contribution >= 4 is 11.7 Å². The lowest BCUT2D eigenvalue weighted by molar-refractivity contribution is -0.140. The van der Waals surface area contributed by atoms with Crippen LogP contribution in [0.1, 0.15) is 17.4 Å². The molecule has 9 heteroatoms. The van der Waals surface area contributed by atoms with E-state index in [1.807, 2.05) is 0 Å². The zero-order valence-electron chi connectivity index (χ0n) is 8.28. The molecule has 0 radical (unpaired) electrons. The largest absolute Gasteiger partial charge is 0.406 e. The standard InChI is InChI=1S/C7H9F3N4O2/c1-2-14(3-7(8,9)10)6(15)4-5(11)13-16-12-4/h2-3H2,1H3,(H2,11,13). The van der Waals surface area contributed by atoms with E-state index in [4.69, 9.17) is 5.73 Å². The summed E-state index contributed by atoms with van der Waals surface area (Å²) in [6, 6.07) is 0. The molecule has 90 valence electrons. The fourth-order valence-electron chi connectivity index (χ4n) is 1.04. The van der Waals surface area contributed by atoms with Crippen LogP contribution in [-0.2, 0) is 0 Å². The molecule has 0 bridgehead atoms. The number of anilines is 1. The molecule has 0 saturated carbocycles. The summed E-state index contributed by atoms with van der Waals surface area (Å²) < 4.78 is 40.5. The predicted molar refractivity (Wildman–Crippen MR) is 46.3 cm³/mol. The zero-order chi connectivity index (χ0) is 12.3. The molecule has 0 atom stereocenters. The Morgan fingerprint density at radius 2 is 2.12 bits per heavy atom. The lowest BCUT2D eigenvalue weighted by Gasteiger charge is -2.20. The quantitative estimate of drug-likeness (QED) is 0.836. The Bertz CT molecular complexity index is 376. The normalized spacial score (nSPS) is 11.5. The van der Waals surface area contributed by atoms with Gasteiger partial charge in [-0.1, -0.05) is 0 Å². The highest BCUT2D eigenvalue weighted by Gasteiger charge is 2.34. The molecule has 1 heterocycles. The molecule has 0 aliphatic carbocycles. The molecule has 0 spiro atoms. The van der Waals surface area contributed by atoms with Gasteiger partial charge in [0.2, 0.25) is 11.5 Å². The van der Waals surface area contributed by atoms with Crippen LogP contribution in [0.25, 0.3) is 0 Å². The minimum Gasteiger partial charge on any atom is -0.379 e. The Labute approximate surface area is 88.2 Å². The lowest BCUT2D eigenvalue weighted by atomic mass is 10.3. The van der Waals surface area contributed by atoms with Gasteiger partial charge in [0.25, 0.3) is 5.91 Å². The topological polar surface area (TPSA) is 85.2 Å². The summed E-state index contributed by atoms with van der Waals surface area (Å²) in [7, 11) is 0. The molecule has 0 unspecified atom stereocenters. The summed E-state index contributed by atoms with van der Waals surface area (Å²) in [4.78, 5) is 12.1. The van der Waals surface area contributed by atoms with Gasteiger partial charge in [-0.3, -0.25) is 4.79 Å². The minimum atomic E-state index is -4.47. The van der Waals surface area contributed by atoms with Crippen molar-refractivity contribution in [1.29, 1.82) is 0 Å². The second kappa shape index (κ2) is 4.37. The van der Waals surface area contributed by atoms with Crippen molar-refractivity contribution in [3.05, 3.63) is 5.69 Å². The maximum atomic E-state index is 12.1. The number of alkyl halides is 3. The fourth-order valence-corrected chi connectivity index (χ4v) is 1.04. The van der Waals surface area contributed by atoms with Crippen LogP contribution in [0.5, 0.6) is 0 Å². The van der Waals surface area contributed by atoms with Gasteiger partial charge in [-0.25, -0.2) is 4.63 Å². The van der Waals surface area contributed by atoms with Crippen LogP contribution in [0.4, 0.5) is 19.0 Å². The number of nitrogens with two attached hydrogens (primary N) is 1. The van der Waals surface area contributed by atoms with E-state index in [1.54, 1.807) is 0 Å². The third-order valence-electron chi connectivity index (χ3n) is 1.76. The minimum absolute atomic E-state index is 0.120. The third-order valence-corrected chi connectivity index (χ3v) is 1.76. The smallest absolute Gasteiger partial charge is 0.379 e. The Balaban J connectivity index is 2.82. The van der Waals surface area contributed by atoms with Crippen LogP contribution < -0.4 is 5.73 Å². The van der Waals surface area contributed by atoms with E-state index < -0.39 is 24.3 Å². The van der Waals surface area contributed by atoms with Gasteiger partial charge in [-0.15, -0.1) is 0 Å². The third kappa shape index (κ3) is 2.84. The number of carbonyl (C=O) groups excluding carboxylic acids is 1. The molecule has 1 aromatic rings. The highest BCUT2D eigenvalue weighted by atomic mass is 19.4.